The van der Waals surface area contributed by atoms with Crippen molar-refractivity contribution in [3.05, 3.63) is 141 Å². The van der Waals surface area contributed by atoms with E-state index in [1.807, 2.05) is 0 Å². The SMILES string of the molecule is Cc1cc(C)cc(C)c1.Cc1ccc(C)cc1.Cc1cccc(C)c1.Cc1ccccc1C. The molecular formula is C33H42. The molecular weight excluding hydrogens is 396 g/mol. The summed E-state index contributed by atoms with van der Waals surface area (Å²) in [5, 5.41) is 0. The van der Waals surface area contributed by atoms with Crippen molar-refractivity contribution in [3.63, 3.8) is 0 Å². The molecule has 0 bridgehead atoms. The second-order valence-electron chi connectivity index (χ2n) is 9.06. The van der Waals surface area contributed by atoms with Crippen LogP contribution in [0.3, 0.4) is 0 Å². The van der Waals surface area contributed by atoms with Gasteiger partial charge in [-0.05, 0) is 73.4 Å². The van der Waals surface area contributed by atoms with Gasteiger partial charge in [-0.1, -0.05) is 130 Å². The van der Waals surface area contributed by atoms with Crippen LogP contribution in [0.1, 0.15) is 50.1 Å². The first-order valence-corrected chi connectivity index (χ1v) is 11.7. The lowest BCUT2D eigenvalue weighted by Crippen LogP contribution is -1.78. The Morgan fingerprint density at radius 1 is 0.273 bits per heavy atom. The Kier molecular flexibility index (Phi) is 12.6. The molecule has 4 aromatic rings. The van der Waals surface area contributed by atoms with Crippen LogP contribution in [0.2, 0.25) is 0 Å². The zero-order valence-electron chi connectivity index (χ0n) is 22.2. The number of rotatable bonds is 0. The third-order valence-electron chi connectivity index (χ3n) is 5.18. The van der Waals surface area contributed by atoms with Crippen molar-refractivity contribution < 1.29 is 0 Å². The Balaban J connectivity index is 0.000000220. The van der Waals surface area contributed by atoms with E-state index in [2.05, 4.69) is 153 Å². The lowest BCUT2D eigenvalue weighted by atomic mass is 10.1. The van der Waals surface area contributed by atoms with Crippen LogP contribution in [0.5, 0.6) is 0 Å². The zero-order valence-corrected chi connectivity index (χ0v) is 22.2. The second-order valence-corrected chi connectivity index (χ2v) is 9.06. The lowest BCUT2D eigenvalue weighted by Gasteiger charge is -1.96. The summed E-state index contributed by atoms with van der Waals surface area (Å²) in [5.74, 6) is 0. The van der Waals surface area contributed by atoms with Crippen molar-refractivity contribution in [2.45, 2.75) is 62.3 Å². The molecule has 0 atom stereocenters. The van der Waals surface area contributed by atoms with Gasteiger partial charge in [0.25, 0.3) is 0 Å². The van der Waals surface area contributed by atoms with Crippen LogP contribution >= 0.6 is 0 Å². The number of hydrogen-bond acceptors (Lipinski definition) is 0. The van der Waals surface area contributed by atoms with Gasteiger partial charge in [0.05, 0.1) is 0 Å². The Morgan fingerprint density at radius 2 is 0.576 bits per heavy atom. The first kappa shape index (κ1) is 27.9. The monoisotopic (exact) mass is 438 g/mol. The average molecular weight is 439 g/mol. The summed E-state index contributed by atoms with van der Waals surface area (Å²) in [5.41, 5.74) is 12.1. The van der Waals surface area contributed by atoms with Crippen LogP contribution in [0.25, 0.3) is 0 Å². The van der Waals surface area contributed by atoms with Crippen molar-refractivity contribution in [1.29, 1.82) is 0 Å². The highest BCUT2D eigenvalue weighted by atomic mass is 13.9. The van der Waals surface area contributed by atoms with Crippen LogP contribution in [0.15, 0.2) is 91.0 Å². The Hall–Kier alpha value is -3.12. The minimum atomic E-state index is 1.33. The number of benzene rings is 4. The van der Waals surface area contributed by atoms with E-state index in [-0.39, 0.29) is 0 Å². The Morgan fingerprint density at radius 3 is 0.818 bits per heavy atom. The third-order valence-corrected chi connectivity index (χ3v) is 5.18. The standard InChI is InChI=1S/C9H12.3C8H10/c1-7-4-8(2)6-9(3)5-7;1-7-3-5-8(2)6-4-7;1-7-4-3-5-8(2)6-7;1-7-5-3-4-6-8(7)2/h4-6H,1-3H3;3*3-6H,1-2H3. The van der Waals surface area contributed by atoms with Gasteiger partial charge in [-0.2, -0.15) is 0 Å². The Labute approximate surface area is 203 Å². The average Bonchev–Trinajstić information content (AvgIpc) is 2.73. The third kappa shape index (κ3) is 13.1. The van der Waals surface area contributed by atoms with E-state index in [4.69, 9.17) is 0 Å². The minimum absolute atomic E-state index is 1.33. The molecule has 4 aromatic carbocycles. The molecule has 0 heteroatoms. The van der Waals surface area contributed by atoms with Crippen molar-refractivity contribution in [2.75, 3.05) is 0 Å². The summed E-state index contributed by atoms with van der Waals surface area (Å²) in [6.45, 7) is 19.0. The maximum absolute atomic E-state index is 2.19. The van der Waals surface area contributed by atoms with E-state index in [1.54, 1.807) is 0 Å². The topological polar surface area (TPSA) is 0 Å². The summed E-state index contributed by atoms with van der Waals surface area (Å²) >= 11 is 0. The largest absolute Gasteiger partial charge is 0.0620 e. The molecule has 0 aliphatic heterocycles. The summed E-state index contributed by atoms with van der Waals surface area (Å²) in [6.07, 6.45) is 0. The quantitative estimate of drug-likeness (QED) is 0.256. The van der Waals surface area contributed by atoms with Crippen LogP contribution in [0.4, 0.5) is 0 Å². The fourth-order valence-corrected chi connectivity index (χ4v) is 3.31. The highest BCUT2D eigenvalue weighted by Crippen LogP contribution is 2.06. The molecule has 0 unspecified atom stereocenters. The molecule has 0 fully saturated rings. The maximum Gasteiger partial charge on any atom is -0.0395 e. The second kappa shape index (κ2) is 14.9. The van der Waals surface area contributed by atoms with Crippen molar-refractivity contribution in [1.82, 2.24) is 0 Å². The molecule has 0 radical (unpaired) electrons. The van der Waals surface area contributed by atoms with Gasteiger partial charge in [-0.25, -0.2) is 0 Å². The lowest BCUT2D eigenvalue weighted by molar-refractivity contribution is 1.32. The van der Waals surface area contributed by atoms with Gasteiger partial charge in [0.15, 0.2) is 0 Å². The Bertz CT molecular complexity index is 975. The number of aryl methyl sites for hydroxylation is 9. The smallest absolute Gasteiger partial charge is 0.0395 e. The molecule has 0 saturated heterocycles. The summed E-state index contributed by atoms with van der Waals surface area (Å²) in [4.78, 5) is 0. The molecule has 4 rings (SSSR count). The highest BCUT2D eigenvalue weighted by molar-refractivity contribution is 5.27. The van der Waals surface area contributed by atoms with E-state index in [0.29, 0.717) is 0 Å². The van der Waals surface area contributed by atoms with Gasteiger partial charge in [0, 0.05) is 0 Å². The maximum atomic E-state index is 2.19. The molecule has 0 amide bonds. The van der Waals surface area contributed by atoms with Crippen molar-refractivity contribution in [2.24, 2.45) is 0 Å². The molecule has 33 heavy (non-hydrogen) atoms. The van der Waals surface area contributed by atoms with Crippen LogP contribution in [-0.4, -0.2) is 0 Å². The first-order valence-electron chi connectivity index (χ1n) is 11.7. The molecule has 0 N–H and O–H groups in total. The molecule has 0 aromatic heterocycles. The van der Waals surface area contributed by atoms with E-state index in [0.717, 1.165) is 0 Å². The van der Waals surface area contributed by atoms with E-state index >= 15 is 0 Å². The molecule has 0 saturated carbocycles. The van der Waals surface area contributed by atoms with Gasteiger partial charge in [0.1, 0.15) is 0 Å². The van der Waals surface area contributed by atoms with Gasteiger partial charge in [-0.15, -0.1) is 0 Å². The predicted octanol–water partition coefficient (Wildman–Crippen LogP) is 9.52. The molecule has 0 aliphatic carbocycles. The van der Waals surface area contributed by atoms with E-state index in [1.165, 1.54) is 50.1 Å². The minimum Gasteiger partial charge on any atom is -0.0620 e. The zero-order chi connectivity index (χ0) is 24.8. The van der Waals surface area contributed by atoms with Gasteiger partial charge >= 0.3 is 0 Å². The molecule has 0 spiro atoms. The predicted molar refractivity (Wildman–Crippen MR) is 148 cm³/mol. The van der Waals surface area contributed by atoms with Crippen molar-refractivity contribution >= 4 is 0 Å². The van der Waals surface area contributed by atoms with Crippen LogP contribution < -0.4 is 0 Å². The molecule has 0 aliphatic rings. The summed E-state index contributed by atoms with van der Waals surface area (Å²) in [6, 6.07) is 31.8. The van der Waals surface area contributed by atoms with Crippen LogP contribution in [-0.2, 0) is 0 Å². The number of hydrogen-bond donors (Lipinski definition) is 0. The summed E-state index contributed by atoms with van der Waals surface area (Å²) < 4.78 is 0. The van der Waals surface area contributed by atoms with E-state index in [9.17, 15) is 0 Å². The first-order chi connectivity index (χ1) is 15.6. The highest BCUT2D eigenvalue weighted by Gasteiger charge is 1.87. The van der Waals surface area contributed by atoms with Gasteiger partial charge in [-0.3, -0.25) is 0 Å². The van der Waals surface area contributed by atoms with Gasteiger partial charge in [0.2, 0.25) is 0 Å². The fourth-order valence-electron chi connectivity index (χ4n) is 3.31. The normalized spacial score (nSPS) is 9.36. The summed E-state index contributed by atoms with van der Waals surface area (Å²) in [7, 11) is 0. The molecule has 174 valence electrons. The van der Waals surface area contributed by atoms with E-state index < -0.39 is 0 Å². The fraction of sp³-hybridized carbons (Fsp3) is 0.273. The van der Waals surface area contributed by atoms with Crippen molar-refractivity contribution in [3.8, 4) is 0 Å². The molecule has 0 heterocycles. The van der Waals surface area contributed by atoms with Gasteiger partial charge < -0.3 is 0 Å². The molecule has 0 nitrogen and oxygen atoms in total. The van der Waals surface area contributed by atoms with Crippen LogP contribution in [0, 0.1) is 62.3 Å².